The van der Waals surface area contributed by atoms with Gasteiger partial charge in [0.2, 0.25) is 5.91 Å². The fraction of sp³-hybridized carbons (Fsp3) is 0.500. The van der Waals surface area contributed by atoms with Gasteiger partial charge in [0.25, 0.3) is 0 Å². The number of methoxy groups -OCH3 is 1. The molecule has 0 heterocycles. The van der Waals surface area contributed by atoms with Crippen molar-refractivity contribution < 1.29 is 9.53 Å². The van der Waals surface area contributed by atoms with E-state index in [1.54, 1.807) is 25.3 Å². The Labute approximate surface area is 118 Å². The molecule has 2 aliphatic rings. The average Bonchev–Trinajstić information content (AvgIpc) is 3.10. The quantitative estimate of drug-likeness (QED) is 0.918. The third-order valence-electron chi connectivity index (χ3n) is 4.66. The van der Waals surface area contributed by atoms with Gasteiger partial charge in [0.05, 0.1) is 24.4 Å². The number of nitrogens with zero attached hydrogens (tertiary/aromatic N) is 1. The Balaban J connectivity index is 1.74. The molecule has 4 nitrogen and oxygen atoms in total. The maximum Gasteiger partial charge on any atom is 0.227 e. The van der Waals surface area contributed by atoms with E-state index in [0.717, 1.165) is 12.3 Å². The van der Waals surface area contributed by atoms with E-state index in [-0.39, 0.29) is 11.8 Å². The van der Waals surface area contributed by atoms with Crippen molar-refractivity contribution in [3.8, 4) is 11.8 Å². The number of anilines is 1. The molecule has 0 saturated heterocycles. The fourth-order valence-electron chi connectivity index (χ4n) is 3.66. The van der Waals surface area contributed by atoms with E-state index in [1.165, 1.54) is 19.3 Å². The molecule has 2 bridgehead atoms. The Morgan fingerprint density at radius 3 is 2.85 bits per heavy atom. The van der Waals surface area contributed by atoms with Crippen molar-refractivity contribution in [1.29, 1.82) is 5.26 Å². The zero-order valence-corrected chi connectivity index (χ0v) is 11.6. The van der Waals surface area contributed by atoms with Gasteiger partial charge < -0.3 is 10.1 Å². The van der Waals surface area contributed by atoms with Crippen LogP contribution in [0.3, 0.4) is 0 Å². The molecular weight excluding hydrogens is 252 g/mol. The zero-order valence-electron chi connectivity index (χ0n) is 11.6. The molecule has 2 aliphatic carbocycles. The number of hydrogen-bond donors (Lipinski definition) is 1. The van der Waals surface area contributed by atoms with Gasteiger partial charge in [0.1, 0.15) is 5.75 Å². The first-order chi connectivity index (χ1) is 9.71. The Hall–Kier alpha value is -2.02. The number of carbonyl (C=O) groups excluding carboxylic acids is 1. The summed E-state index contributed by atoms with van der Waals surface area (Å²) in [5.41, 5.74) is 1.18. The number of benzene rings is 1. The van der Waals surface area contributed by atoms with Crippen LogP contribution in [0.2, 0.25) is 0 Å². The lowest BCUT2D eigenvalue weighted by Crippen LogP contribution is -2.27. The molecule has 0 aliphatic heterocycles. The SMILES string of the molecule is COc1cc(C#N)ccc1NC(=O)C1CC2CCC1C2. The molecule has 0 aromatic heterocycles. The van der Waals surface area contributed by atoms with E-state index in [4.69, 9.17) is 10.00 Å². The van der Waals surface area contributed by atoms with Gasteiger partial charge in [-0.2, -0.15) is 5.26 Å². The van der Waals surface area contributed by atoms with E-state index < -0.39 is 0 Å². The molecule has 104 valence electrons. The third-order valence-corrected chi connectivity index (χ3v) is 4.66. The highest BCUT2D eigenvalue weighted by Gasteiger charge is 2.43. The summed E-state index contributed by atoms with van der Waals surface area (Å²) in [6.45, 7) is 0. The minimum absolute atomic E-state index is 0.0974. The normalized spacial score (nSPS) is 27.1. The van der Waals surface area contributed by atoms with Crippen LogP contribution in [-0.4, -0.2) is 13.0 Å². The molecule has 3 unspecified atom stereocenters. The highest BCUT2D eigenvalue weighted by atomic mass is 16.5. The monoisotopic (exact) mass is 270 g/mol. The number of nitriles is 1. The van der Waals surface area contributed by atoms with Gasteiger partial charge in [-0.05, 0) is 43.2 Å². The summed E-state index contributed by atoms with van der Waals surface area (Å²) in [6, 6.07) is 7.15. The van der Waals surface area contributed by atoms with Gasteiger partial charge in [0.15, 0.2) is 0 Å². The molecule has 2 fully saturated rings. The van der Waals surface area contributed by atoms with E-state index in [0.29, 0.717) is 22.9 Å². The number of fused-ring (bicyclic) bond motifs is 2. The Morgan fingerprint density at radius 1 is 1.40 bits per heavy atom. The van der Waals surface area contributed by atoms with Crippen LogP contribution in [0.25, 0.3) is 0 Å². The topological polar surface area (TPSA) is 62.1 Å². The van der Waals surface area contributed by atoms with Gasteiger partial charge in [-0.1, -0.05) is 6.42 Å². The van der Waals surface area contributed by atoms with Gasteiger partial charge in [-0.25, -0.2) is 0 Å². The van der Waals surface area contributed by atoms with Crippen molar-refractivity contribution in [2.24, 2.45) is 17.8 Å². The number of hydrogen-bond acceptors (Lipinski definition) is 3. The minimum Gasteiger partial charge on any atom is -0.495 e. The van der Waals surface area contributed by atoms with Crippen molar-refractivity contribution in [2.45, 2.75) is 25.7 Å². The second kappa shape index (κ2) is 5.16. The fourth-order valence-corrected chi connectivity index (χ4v) is 3.66. The first-order valence-corrected chi connectivity index (χ1v) is 7.10. The largest absolute Gasteiger partial charge is 0.495 e. The molecule has 20 heavy (non-hydrogen) atoms. The van der Waals surface area contributed by atoms with Crippen LogP contribution in [0, 0.1) is 29.1 Å². The summed E-state index contributed by atoms with van der Waals surface area (Å²) in [5, 5.41) is 11.8. The summed E-state index contributed by atoms with van der Waals surface area (Å²) in [6.07, 6.45) is 4.71. The van der Waals surface area contributed by atoms with Gasteiger partial charge in [-0.15, -0.1) is 0 Å². The highest BCUT2D eigenvalue weighted by molar-refractivity contribution is 5.94. The molecule has 1 amide bonds. The van der Waals surface area contributed by atoms with E-state index >= 15 is 0 Å². The van der Waals surface area contributed by atoms with Crippen molar-refractivity contribution in [1.82, 2.24) is 0 Å². The average molecular weight is 270 g/mol. The molecule has 2 saturated carbocycles. The Bertz CT molecular complexity index is 576. The molecule has 0 spiro atoms. The number of ether oxygens (including phenoxy) is 1. The van der Waals surface area contributed by atoms with Crippen LogP contribution in [0.15, 0.2) is 18.2 Å². The smallest absolute Gasteiger partial charge is 0.227 e. The summed E-state index contributed by atoms with van der Waals surface area (Å²) < 4.78 is 5.25. The van der Waals surface area contributed by atoms with Crippen molar-refractivity contribution in [2.75, 3.05) is 12.4 Å². The minimum atomic E-state index is 0.0974. The standard InChI is InChI=1S/C16H18N2O2/c1-20-15-8-11(9-17)3-5-14(15)18-16(19)13-7-10-2-4-12(13)6-10/h3,5,8,10,12-13H,2,4,6-7H2,1H3,(H,18,19). The van der Waals surface area contributed by atoms with Crippen LogP contribution < -0.4 is 10.1 Å². The lowest BCUT2D eigenvalue weighted by atomic mass is 9.88. The van der Waals surface area contributed by atoms with Crippen LogP contribution in [-0.2, 0) is 4.79 Å². The van der Waals surface area contributed by atoms with Crippen molar-refractivity contribution in [3.63, 3.8) is 0 Å². The molecule has 1 aromatic rings. The maximum absolute atomic E-state index is 12.4. The first-order valence-electron chi connectivity index (χ1n) is 7.10. The van der Waals surface area contributed by atoms with E-state index in [1.807, 2.05) is 0 Å². The van der Waals surface area contributed by atoms with Gasteiger partial charge in [-0.3, -0.25) is 4.79 Å². The summed E-state index contributed by atoms with van der Waals surface area (Å²) in [5.74, 6) is 2.10. The molecule has 0 radical (unpaired) electrons. The number of rotatable bonds is 3. The molecule has 3 rings (SSSR count). The van der Waals surface area contributed by atoms with Crippen LogP contribution in [0.4, 0.5) is 5.69 Å². The lowest BCUT2D eigenvalue weighted by molar-refractivity contribution is -0.121. The summed E-state index contributed by atoms with van der Waals surface area (Å²) >= 11 is 0. The molecule has 4 heteroatoms. The summed E-state index contributed by atoms with van der Waals surface area (Å²) in [4.78, 5) is 12.4. The van der Waals surface area contributed by atoms with Crippen molar-refractivity contribution >= 4 is 11.6 Å². The van der Waals surface area contributed by atoms with Crippen LogP contribution >= 0.6 is 0 Å². The predicted molar refractivity (Wildman–Crippen MR) is 75.3 cm³/mol. The molecule has 3 atom stereocenters. The second-order valence-electron chi connectivity index (χ2n) is 5.80. The zero-order chi connectivity index (χ0) is 14.1. The maximum atomic E-state index is 12.4. The van der Waals surface area contributed by atoms with Crippen molar-refractivity contribution in [3.05, 3.63) is 23.8 Å². The van der Waals surface area contributed by atoms with Crippen LogP contribution in [0.5, 0.6) is 5.75 Å². The predicted octanol–water partition coefficient (Wildman–Crippen LogP) is 2.94. The Kier molecular flexibility index (Phi) is 3.35. The third kappa shape index (κ3) is 2.24. The highest BCUT2D eigenvalue weighted by Crippen LogP contribution is 2.48. The number of carbonyl (C=O) groups is 1. The first kappa shape index (κ1) is 13.0. The van der Waals surface area contributed by atoms with E-state index in [2.05, 4.69) is 11.4 Å². The number of nitrogens with one attached hydrogen (secondary N) is 1. The molecular formula is C16H18N2O2. The lowest BCUT2D eigenvalue weighted by Gasteiger charge is -2.21. The Morgan fingerprint density at radius 2 is 2.25 bits per heavy atom. The molecule has 1 aromatic carbocycles. The van der Waals surface area contributed by atoms with Crippen LogP contribution in [0.1, 0.15) is 31.2 Å². The second-order valence-corrected chi connectivity index (χ2v) is 5.80. The van der Waals surface area contributed by atoms with Gasteiger partial charge in [0, 0.05) is 12.0 Å². The molecule has 1 N–H and O–H groups in total. The van der Waals surface area contributed by atoms with Gasteiger partial charge >= 0.3 is 0 Å². The number of amides is 1. The van der Waals surface area contributed by atoms with E-state index in [9.17, 15) is 4.79 Å². The summed E-state index contributed by atoms with van der Waals surface area (Å²) in [7, 11) is 1.55.